The third kappa shape index (κ3) is 3.84. The fourth-order valence-corrected chi connectivity index (χ4v) is 5.71. The molecule has 2 N–H and O–H groups in total. The van der Waals surface area contributed by atoms with E-state index in [0.29, 0.717) is 44.5 Å². The summed E-state index contributed by atoms with van der Waals surface area (Å²) in [5.74, 6) is -0.668. The van der Waals surface area contributed by atoms with Crippen molar-refractivity contribution < 1.29 is 9.59 Å². The minimum Gasteiger partial charge on any atom is -0.354 e. The quantitative estimate of drug-likeness (QED) is 0.276. The number of amides is 1. The summed E-state index contributed by atoms with van der Waals surface area (Å²) < 4.78 is 1.45. The number of ketones is 1. The maximum atomic E-state index is 14.1. The molecule has 6 nitrogen and oxygen atoms in total. The number of carbonyl (C=O) groups excluding carboxylic acids is 2. The Bertz CT molecular complexity index is 1880. The number of nitrogens with zero attached hydrogens (tertiary/aromatic N) is 1. The van der Waals surface area contributed by atoms with Gasteiger partial charge in [-0.2, -0.15) is 0 Å². The van der Waals surface area contributed by atoms with Crippen molar-refractivity contribution in [2.75, 3.05) is 10.6 Å². The van der Waals surface area contributed by atoms with E-state index < -0.39 is 11.5 Å². The molecule has 0 fully saturated rings. The molecule has 1 heterocycles. The number of pyridine rings is 1. The van der Waals surface area contributed by atoms with Crippen LogP contribution in [0.5, 0.6) is 0 Å². The van der Waals surface area contributed by atoms with Gasteiger partial charge in [0.2, 0.25) is 0 Å². The molecule has 0 saturated carbocycles. The Morgan fingerprint density at radius 1 is 0.769 bits per heavy atom. The Kier molecular flexibility index (Phi) is 5.69. The van der Waals surface area contributed by atoms with Gasteiger partial charge in [-0.15, -0.1) is 0 Å². The van der Waals surface area contributed by atoms with E-state index in [1.165, 1.54) is 4.57 Å². The molecule has 5 aromatic rings. The summed E-state index contributed by atoms with van der Waals surface area (Å²) in [6.07, 6.45) is 0. The number of aryl methyl sites for hydroxylation is 4. The number of rotatable bonds is 4. The van der Waals surface area contributed by atoms with Crippen molar-refractivity contribution in [1.29, 1.82) is 0 Å². The fourth-order valence-electron chi connectivity index (χ4n) is 5.71. The zero-order valence-corrected chi connectivity index (χ0v) is 22.2. The summed E-state index contributed by atoms with van der Waals surface area (Å²) in [7, 11) is 1.64. The van der Waals surface area contributed by atoms with E-state index in [9.17, 15) is 14.4 Å². The zero-order chi connectivity index (χ0) is 27.4. The van der Waals surface area contributed by atoms with Gasteiger partial charge in [0, 0.05) is 34.9 Å². The average Bonchev–Trinajstić information content (AvgIpc) is 2.92. The lowest BCUT2D eigenvalue weighted by atomic mass is 9.81. The fraction of sp³-hybridized carbons (Fsp3) is 0.121. The van der Waals surface area contributed by atoms with Crippen LogP contribution in [-0.2, 0) is 7.05 Å². The summed E-state index contributed by atoms with van der Waals surface area (Å²) in [6, 6.07) is 24.1. The number of benzene rings is 4. The van der Waals surface area contributed by atoms with Gasteiger partial charge in [-0.1, -0.05) is 60.2 Å². The van der Waals surface area contributed by atoms with Crippen LogP contribution < -0.4 is 16.2 Å². The number of hydrogen-bond acceptors (Lipinski definition) is 4. The van der Waals surface area contributed by atoms with E-state index in [4.69, 9.17) is 0 Å². The first kappa shape index (κ1) is 24.4. The van der Waals surface area contributed by atoms with Crippen LogP contribution in [0.25, 0.3) is 22.0 Å². The van der Waals surface area contributed by atoms with Crippen LogP contribution in [0.3, 0.4) is 0 Å². The molecule has 4 aromatic carbocycles. The number of hydrogen-bond donors (Lipinski definition) is 2. The SMILES string of the molecule is Cc1cc(C)c(Nc2ccc3c4c2C(=O)c2ccccc2-c4c(C(=O)Nc2ccccc2)c(=O)n3C)c(C)c1. The highest BCUT2D eigenvalue weighted by atomic mass is 16.2. The number of anilines is 3. The van der Waals surface area contributed by atoms with Gasteiger partial charge in [0.15, 0.2) is 5.78 Å². The highest BCUT2D eigenvalue weighted by Gasteiger charge is 2.33. The van der Waals surface area contributed by atoms with Crippen LogP contribution in [0, 0.1) is 20.8 Å². The lowest BCUT2D eigenvalue weighted by Crippen LogP contribution is -2.31. The van der Waals surface area contributed by atoms with E-state index in [1.54, 1.807) is 37.4 Å². The van der Waals surface area contributed by atoms with Gasteiger partial charge in [0.05, 0.1) is 16.8 Å². The number of fused-ring (bicyclic) bond motifs is 2. The molecule has 0 atom stereocenters. The van der Waals surface area contributed by atoms with Crippen molar-refractivity contribution in [2.24, 2.45) is 7.05 Å². The van der Waals surface area contributed by atoms with Crippen LogP contribution in [-0.4, -0.2) is 16.3 Å². The largest absolute Gasteiger partial charge is 0.354 e. The van der Waals surface area contributed by atoms with Crippen molar-refractivity contribution in [2.45, 2.75) is 20.8 Å². The molecule has 0 radical (unpaired) electrons. The number of aromatic nitrogens is 1. The molecule has 1 amide bonds. The van der Waals surface area contributed by atoms with Gasteiger partial charge < -0.3 is 15.2 Å². The van der Waals surface area contributed by atoms with Crippen molar-refractivity contribution in [3.63, 3.8) is 0 Å². The van der Waals surface area contributed by atoms with E-state index in [2.05, 4.69) is 29.7 Å². The predicted molar refractivity (Wildman–Crippen MR) is 156 cm³/mol. The topological polar surface area (TPSA) is 80.2 Å². The van der Waals surface area contributed by atoms with Gasteiger partial charge in [0.25, 0.3) is 11.5 Å². The molecular weight excluding hydrogens is 486 g/mol. The summed E-state index contributed by atoms with van der Waals surface area (Å²) in [5.41, 5.74) is 7.56. The Morgan fingerprint density at radius 3 is 2.10 bits per heavy atom. The molecule has 1 aliphatic carbocycles. The van der Waals surface area contributed by atoms with Crippen LogP contribution in [0.1, 0.15) is 43.0 Å². The smallest absolute Gasteiger partial charge is 0.264 e. The van der Waals surface area contributed by atoms with E-state index in [0.717, 1.165) is 22.4 Å². The molecule has 0 bridgehead atoms. The van der Waals surface area contributed by atoms with Crippen molar-refractivity contribution >= 4 is 39.7 Å². The lowest BCUT2D eigenvalue weighted by Gasteiger charge is -2.26. The first-order valence-corrected chi connectivity index (χ1v) is 12.8. The zero-order valence-electron chi connectivity index (χ0n) is 22.2. The minimum absolute atomic E-state index is 0.00917. The van der Waals surface area contributed by atoms with E-state index in [-0.39, 0.29) is 11.3 Å². The Labute approximate surface area is 225 Å². The first-order chi connectivity index (χ1) is 18.8. The molecule has 1 aliphatic rings. The maximum absolute atomic E-state index is 14.1. The average molecular weight is 514 g/mol. The van der Waals surface area contributed by atoms with Gasteiger partial charge in [-0.05, 0) is 61.7 Å². The van der Waals surface area contributed by atoms with Crippen molar-refractivity contribution in [3.05, 3.63) is 123 Å². The highest BCUT2D eigenvalue weighted by Crippen LogP contribution is 2.44. The third-order valence-electron chi connectivity index (χ3n) is 7.43. The molecule has 0 unspecified atom stereocenters. The monoisotopic (exact) mass is 513 g/mol. The second-order valence-electron chi connectivity index (χ2n) is 10.1. The number of para-hydroxylation sites is 1. The normalized spacial score (nSPS) is 11.8. The van der Waals surface area contributed by atoms with Crippen LogP contribution >= 0.6 is 0 Å². The van der Waals surface area contributed by atoms with E-state index in [1.807, 2.05) is 50.2 Å². The Balaban J connectivity index is 1.67. The van der Waals surface area contributed by atoms with Gasteiger partial charge in [-0.3, -0.25) is 14.4 Å². The van der Waals surface area contributed by atoms with Crippen molar-refractivity contribution in [3.8, 4) is 11.1 Å². The molecule has 192 valence electrons. The maximum Gasteiger partial charge on any atom is 0.264 e. The van der Waals surface area contributed by atoms with Gasteiger partial charge in [0.1, 0.15) is 5.56 Å². The summed E-state index contributed by atoms with van der Waals surface area (Å²) >= 11 is 0. The molecular formula is C33H27N3O3. The number of carbonyl (C=O) groups is 2. The molecule has 0 aliphatic heterocycles. The predicted octanol–water partition coefficient (Wildman–Crippen LogP) is 6.67. The van der Waals surface area contributed by atoms with Gasteiger partial charge >= 0.3 is 0 Å². The molecule has 6 heteroatoms. The van der Waals surface area contributed by atoms with Crippen LogP contribution in [0.15, 0.2) is 83.7 Å². The summed E-state index contributed by atoms with van der Waals surface area (Å²) in [6.45, 7) is 6.12. The molecule has 0 saturated heterocycles. The second kappa shape index (κ2) is 9.10. The Hall–Kier alpha value is -4.97. The summed E-state index contributed by atoms with van der Waals surface area (Å²) in [5, 5.41) is 6.98. The molecule has 39 heavy (non-hydrogen) atoms. The molecule has 1 aromatic heterocycles. The van der Waals surface area contributed by atoms with Crippen LogP contribution in [0.2, 0.25) is 0 Å². The minimum atomic E-state index is -0.516. The molecule has 0 spiro atoms. The second-order valence-corrected chi connectivity index (χ2v) is 10.1. The number of nitrogens with one attached hydrogen (secondary N) is 2. The summed E-state index contributed by atoms with van der Waals surface area (Å²) in [4.78, 5) is 41.5. The lowest BCUT2D eigenvalue weighted by molar-refractivity contribution is 0.102. The van der Waals surface area contributed by atoms with E-state index >= 15 is 0 Å². The van der Waals surface area contributed by atoms with Crippen LogP contribution in [0.4, 0.5) is 17.1 Å². The Morgan fingerprint density at radius 2 is 1.41 bits per heavy atom. The third-order valence-corrected chi connectivity index (χ3v) is 7.43. The van der Waals surface area contributed by atoms with Crippen molar-refractivity contribution in [1.82, 2.24) is 4.57 Å². The van der Waals surface area contributed by atoms with Gasteiger partial charge in [-0.25, -0.2) is 0 Å². The molecule has 6 rings (SSSR count). The standard InChI is InChI=1S/C33H27N3O3/c1-18-16-19(2)30(20(3)17-18)35-24-14-15-25-28-26(22-12-8-9-13-23(22)31(37)27(24)28)29(33(39)36(25)4)32(38)34-21-10-6-5-7-11-21/h5-17,35H,1-4H3,(H,34,38). The highest BCUT2D eigenvalue weighted by molar-refractivity contribution is 6.30. The first-order valence-electron chi connectivity index (χ1n) is 12.8.